The summed E-state index contributed by atoms with van der Waals surface area (Å²) >= 11 is 0. The molecule has 1 heterocycles. The van der Waals surface area contributed by atoms with Gasteiger partial charge < -0.3 is 14.2 Å². The summed E-state index contributed by atoms with van der Waals surface area (Å²) in [5, 5.41) is 10.7. The Kier molecular flexibility index (Phi) is 5.79. The molecule has 1 amide bonds. The first kappa shape index (κ1) is 19.6. The third-order valence-electron chi connectivity index (χ3n) is 4.47. The van der Waals surface area contributed by atoms with Crippen molar-refractivity contribution in [3.63, 3.8) is 0 Å². The number of ether oxygens (including phenoxy) is 3. The summed E-state index contributed by atoms with van der Waals surface area (Å²) in [6.45, 7) is 4.25. The molecule has 1 fully saturated rings. The minimum Gasteiger partial charge on any atom is -0.491 e. The molecular formula is C20H22N2O6. The Morgan fingerprint density at radius 3 is 2.54 bits per heavy atom. The number of rotatable bonds is 6. The smallest absolute Gasteiger partial charge is 0.412 e. The molecule has 0 N–H and O–H groups in total. The fourth-order valence-electron chi connectivity index (χ4n) is 3.02. The van der Waals surface area contributed by atoms with Crippen molar-refractivity contribution < 1.29 is 23.9 Å². The zero-order chi connectivity index (χ0) is 20.1. The zero-order valence-corrected chi connectivity index (χ0v) is 15.7. The first-order valence-electron chi connectivity index (χ1n) is 8.88. The molecule has 0 saturated carbocycles. The van der Waals surface area contributed by atoms with E-state index in [0.717, 1.165) is 5.56 Å². The highest BCUT2D eigenvalue weighted by molar-refractivity contribution is 5.69. The quantitative estimate of drug-likeness (QED) is 0.555. The summed E-state index contributed by atoms with van der Waals surface area (Å²) in [5.41, 5.74) is 0.0633. The molecule has 1 atom stereocenters. The molecule has 8 heteroatoms. The lowest BCUT2D eigenvalue weighted by atomic mass is 10.2. The van der Waals surface area contributed by atoms with E-state index in [4.69, 9.17) is 14.2 Å². The third kappa shape index (κ3) is 4.58. The molecule has 8 nitrogen and oxygen atoms in total. The zero-order valence-electron chi connectivity index (χ0n) is 15.7. The monoisotopic (exact) mass is 386 g/mol. The van der Waals surface area contributed by atoms with E-state index in [1.165, 1.54) is 29.2 Å². The van der Waals surface area contributed by atoms with Crippen LogP contribution in [0.3, 0.4) is 0 Å². The molecule has 2 aromatic rings. The van der Waals surface area contributed by atoms with Gasteiger partial charge in [-0.1, -0.05) is 30.3 Å². The molecule has 28 heavy (non-hydrogen) atoms. The van der Waals surface area contributed by atoms with Gasteiger partial charge in [0.25, 0.3) is 5.69 Å². The fraction of sp³-hybridized carbons (Fsp3) is 0.350. The van der Waals surface area contributed by atoms with Crippen molar-refractivity contribution in [1.29, 1.82) is 0 Å². The number of hydrogen-bond acceptors (Lipinski definition) is 6. The second-order valence-electron chi connectivity index (χ2n) is 6.88. The molecule has 3 rings (SSSR count). The van der Waals surface area contributed by atoms with Gasteiger partial charge in [-0.05, 0) is 31.5 Å². The molecule has 2 aromatic carbocycles. The molecular weight excluding hydrogens is 364 g/mol. The predicted octanol–water partition coefficient (Wildman–Crippen LogP) is 3.75. The van der Waals surface area contributed by atoms with Gasteiger partial charge in [0.1, 0.15) is 24.7 Å². The molecule has 0 bridgehead atoms. The Morgan fingerprint density at radius 2 is 1.89 bits per heavy atom. The van der Waals surface area contributed by atoms with Crippen LogP contribution in [0.2, 0.25) is 0 Å². The number of nitrogens with zero attached hydrogens (tertiary/aromatic N) is 2. The molecule has 0 spiro atoms. The van der Waals surface area contributed by atoms with Crippen molar-refractivity contribution in [2.45, 2.75) is 32.2 Å². The number of non-ortho nitro benzene ring substituents is 1. The van der Waals surface area contributed by atoms with Gasteiger partial charge >= 0.3 is 6.09 Å². The van der Waals surface area contributed by atoms with Crippen LogP contribution in [-0.4, -0.2) is 40.9 Å². The minimum atomic E-state index is -0.822. The summed E-state index contributed by atoms with van der Waals surface area (Å²) in [4.78, 5) is 24.5. The first-order valence-corrected chi connectivity index (χ1v) is 8.88. The van der Waals surface area contributed by atoms with E-state index in [1.54, 1.807) is 13.8 Å². The van der Waals surface area contributed by atoms with Crippen LogP contribution in [0.5, 0.6) is 5.75 Å². The van der Waals surface area contributed by atoms with E-state index in [1.807, 2.05) is 30.3 Å². The molecule has 1 aliphatic heterocycles. The van der Waals surface area contributed by atoms with Crippen LogP contribution in [0.4, 0.5) is 10.5 Å². The highest BCUT2D eigenvalue weighted by atomic mass is 16.6. The van der Waals surface area contributed by atoms with E-state index < -0.39 is 16.7 Å². The van der Waals surface area contributed by atoms with E-state index in [-0.39, 0.29) is 24.9 Å². The van der Waals surface area contributed by atoms with Crippen LogP contribution < -0.4 is 4.74 Å². The van der Waals surface area contributed by atoms with Crippen molar-refractivity contribution in [2.75, 3.05) is 13.2 Å². The predicted molar refractivity (Wildman–Crippen MR) is 101 cm³/mol. The lowest BCUT2D eigenvalue weighted by molar-refractivity contribution is -0.384. The highest BCUT2D eigenvalue weighted by Gasteiger charge is 2.45. The Balaban J connectivity index is 1.61. The van der Waals surface area contributed by atoms with Gasteiger partial charge in [-0.15, -0.1) is 0 Å². The van der Waals surface area contributed by atoms with Gasteiger partial charge in [-0.3, -0.25) is 15.0 Å². The van der Waals surface area contributed by atoms with E-state index >= 15 is 0 Å². The fourth-order valence-corrected chi connectivity index (χ4v) is 3.02. The molecule has 1 saturated heterocycles. The van der Waals surface area contributed by atoms with Gasteiger partial charge in [0.2, 0.25) is 0 Å². The Hall–Kier alpha value is -3.13. The van der Waals surface area contributed by atoms with E-state index in [0.29, 0.717) is 12.4 Å². The first-order chi connectivity index (χ1) is 13.4. The van der Waals surface area contributed by atoms with Gasteiger partial charge in [-0.25, -0.2) is 4.79 Å². The standard InChI is InChI=1S/C20H22N2O6/c1-20(2)21(19(23)27-12-15-6-4-3-5-7-15)17(14-28-20)13-26-18-10-8-16(9-11-18)22(24)25/h3-11,17H,12-14H2,1-2H3/t17-/m0/s1. The second-order valence-corrected chi connectivity index (χ2v) is 6.88. The van der Waals surface area contributed by atoms with Crippen molar-refractivity contribution in [2.24, 2.45) is 0 Å². The number of nitro groups is 1. The van der Waals surface area contributed by atoms with Crippen molar-refractivity contribution in [1.82, 2.24) is 4.90 Å². The van der Waals surface area contributed by atoms with E-state index in [9.17, 15) is 14.9 Å². The number of nitro benzene ring substituents is 1. The van der Waals surface area contributed by atoms with Crippen molar-refractivity contribution in [3.05, 3.63) is 70.3 Å². The van der Waals surface area contributed by atoms with Crippen LogP contribution in [0.25, 0.3) is 0 Å². The van der Waals surface area contributed by atoms with Gasteiger partial charge in [0, 0.05) is 12.1 Å². The van der Waals surface area contributed by atoms with Crippen LogP contribution in [0.1, 0.15) is 19.4 Å². The second kappa shape index (κ2) is 8.26. The Labute approximate surface area is 162 Å². The minimum absolute atomic E-state index is 0.0104. The Bertz CT molecular complexity index is 822. The van der Waals surface area contributed by atoms with Crippen LogP contribution in [-0.2, 0) is 16.1 Å². The summed E-state index contributed by atoms with van der Waals surface area (Å²) < 4.78 is 16.9. The highest BCUT2D eigenvalue weighted by Crippen LogP contribution is 2.29. The van der Waals surface area contributed by atoms with Crippen molar-refractivity contribution in [3.8, 4) is 5.75 Å². The Morgan fingerprint density at radius 1 is 1.21 bits per heavy atom. The van der Waals surface area contributed by atoms with Crippen LogP contribution in [0, 0.1) is 10.1 Å². The third-order valence-corrected chi connectivity index (χ3v) is 4.47. The largest absolute Gasteiger partial charge is 0.491 e. The molecule has 0 unspecified atom stereocenters. The lowest BCUT2D eigenvalue weighted by Gasteiger charge is -2.32. The average Bonchev–Trinajstić information content (AvgIpc) is 3.00. The number of benzene rings is 2. The number of amides is 1. The maximum absolute atomic E-state index is 12.7. The summed E-state index contributed by atoms with van der Waals surface area (Å²) in [6.07, 6.45) is -0.483. The van der Waals surface area contributed by atoms with Gasteiger partial charge in [0.15, 0.2) is 0 Å². The summed E-state index contributed by atoms with van der Waals surface area (Å²) in [5.74, 6) is 0.480. The SMILES string of the molecule is CC1(C)OC[C@H](COc2ccc([N+](=O)[O-])cc2)N1C(=O)OCc1ccccc1. The number of carbonyl (C=O) groups is 1. The molecule has 0 radical (unpaired) electrons. The molecule has 148 valence electrons. The molecule has 1 aliphatic rings. The van der Waals surface area contributed by atoms with Crippen LogP contribution >= 0.6 is 0 Å². The lowest BCUT2D eigenvalue weighted by Crippen LogP contribution is -2.49. The van der Waals surface area contributed by atoms with E-state index in [2.05, 4.69) is 0 Å². The summed E-state index contributed by atoms with van der Waals surface area (Å²) in [6, 6.07) is 14.9. The molecule has 0 aliphatic carbocycles. The van der Waals surface area contributed by atoms with Gasteiger partial charge in [0.05, 0.1) is 17.6 Å². The normalized spacial score (nSPS) is 17.9. The maximum atomic E-state index is 12.7. The summed E-state index contributed by atoms with van der Waals surface area (Å²) in [7, 11) is 0. The average molecular weight is 386 g/mol. The number of hydrogen-bond donors (Lipinski definition) is 0. The topological polar surface area (TPSA) is 91.1 Å². The number of carbonyl (C=O) groups excluding carboxylic acids is 1. The van der Waals surface area contributed by atoms with Crippen molar-refractivity contribution >= 4 is 11.8 Å². The van der Waals surface area contributed by atoms with Gasteiger partial charge in [-0.2, -0.15) is 0 Å². The maximum Gasteiger partial charge on any atom is 0.412 e. The van der Waals surface area contributed by atoms with Crippen LogP contribution in [0.15, 0.2) is 54.6 Å². The molecule has 0 aromatic heterocycles.